The number of esters is 1. The lowest BCUT2D eigenvalue weighted by Crippen LogP contribution is -2.46. The van der Waals surface area contributed by atoms with E-state index < -0.39 is 18.0 Å². The van der Waals surface area contributed by atoms with Crippen molar-refractivity contribution in [3.8, 4) is 0 Å². The lowest BCUT2D eigenvalue weighted by molar-refractivity contribution is -0.143. The van der Waals surface area contributed by atoms with Crippen LogP contribution in [0.15, 0.2) is 18.2 Å². The number of amides is 2. The van der Waals surface area contributed by atoms with Crippen molar-refractivity contribution in [2.45, 2.75) is 33.7 Å². The van der Waals surface area contributed by atoms with E-state index in [9.17, 15) is 9.59 Å². The molecule has 5 nitrogen and oxygen atoms in total. The molecule has 20 heavy (non-hydrogen) atoms. The van der Waals surface area contributed by atoms with Crippen molar-refractivity contribution in [2.75, 3.05) is 12.4 Å². The fourth-order valence-electron chi connectivity index (χ4n) is 1.81. The first-order chi connectivity index (χ1) is 9.36. The average Bonchev–Trinajstić information content (AvgIpc) is 2.40. The number of anilines is 1. The standard InChI is InChI=1S/C15H22N2O3/c1-9(2)13(14(18)20-5)17-15(19)16-12-8-6-7-10(3)11(12)4/h6-9,13H,1-5H3,(H2,16,17,19). The van der Waals surface area contributed by atoms with Crippen LogP contribution >= 0.6 is 0 Å². The molecule has 1 unspecified atom stereocenters. The predicted octanol–water partition coefficient (Wildman–Crippen LogP) is 2.62. The van der Waals surface area contributed by atoms with Gasteiger partial charge in [-0.05, 0) is 37.0 Å². The molecule has 0 spiro atoms. The first kappa shape index (κ1) is 16.0. The summed E-state index contributed by atoms with van der Waals surface area (Å²) in [6.07, 6.45) is 0. The van der Waals surface area contributed by atoms with Gasteiger partial charge in [-0.2, -0.15) is 0 Å². The molecule has 2 N–H and O–H groups in total. The summed E-state index contributed by atoms with van der Waals surface area (Å²) in [5, 5.41) is 5.40. The molecular weight excluding hydrogens is 256 g/mol. The fourth-order valence-corrected chi connectivity index (χ4v) is 1.81. The van der Waals surface area contributed by atoms with Gasteiger partial charge in [-0.25, -0.2) is 9.59 Å². The Balaban J connectivity index is 2.76. The third-order valence-corrected chi connectivity index (χ3v) is 3.26. The van der Waals surface area contributed by atoms with Crippen LogP contribution in [0.2, 0.25) is 0 Å². The lowest BCUT2D eigenvalue weighted by atomic mass is 10.1. The lowest BCUT2D eigenvalue weighted by Gasteiger charge is -2.20. The van der Waals surface area contributed by atoms with E-state index >= 15 is 0 Å². The van der Waals surface area contributed by atoms with Crippen molar-refractivity contribution < 1.29 is 14.3 Å². The zero-order valence-electron chi connectivity index (χ0n) is 12.6. The van der Waals surface area contributed by atoms with Gasteiger partial charge in [-0.3, -0.25) is 0 Å². The van der Waals surface area contributed by atoms with Crippen LogP contribution in [0.1, 0.15) is 25.0 Å². The van der Waals surface area contributed by atoms with Gasteiger partial charge < -0.3 is 15.4 Å². The number of aryl methyl sites for hydroxylation is 1. The van der Waals surface area contributed by atoms with Crippen LogP contribution < -0.4 is 10.6 Å². The Kier molecular flexibility index (Phi) is 5.55. The Bertz CT molecular complexity index is 498. The number of urea groups is 1. The first-order valence-corrected chi connectivity index (χ1v) is 6.58. The highest BCUT2D eigenvalue weighted by atomic mass is 16.5. The smallest absolute Gasteiger partial charge is 0.328 e. The predicted molar refractivity (Wildman–Crippen MR) is 78.7 cm³/mol. The molecule has 1 atom stereocenters. The minimum atomic E-state index is -0.662. The molecule has 0 aliphatic carbocycles. The van der Waals surface area contributed by atoms with Crippen LogP contribution in [0.3, 0.4) is 0 Å². The Morgan fingerprint density at radius 3 is 2.40 bits per heavy atom. The zero-order chi connectivity index (χ0) is 15.3. The van der Waals surface area contributed by atoms with E-state index in [1.807, 2.05) is 45.9 Å². The number of carbonyl (C=O) groups excluding carboxylic acids is 2. The zero-order valence-corrected chi connectivity index (χ0v) is 12.6. The Labute approximate surface area is 119 Å². The minimum absolute atomic E-state index is 0.0493. The van der Waals surface area contributed by atoms with Gasteiger partial charge in [0.25, 0.3) is 0 Å². The van der Waals surface area contributed by atoms with Gasteiger partial charge in [-0.1, -0.05) is 26.0 Å². The maximum Gasteiger partial charge on any atom is 0.328 e. The van der Waals surface area contributed by atoms with Crippen molar-refractivity contribution in [3.63, 3.8) is 0 Å². The van der Waals surface area contributed by atoms with Crippen LogP contribution in [-0.2, 0) is 9.53 Å². The van der Waals surface area contributed by atoms with Gasteiger partial charge in [0.1, 0.15) is 6.04 Å². The second-order valence-electron chi connectivity index (χ2n) is 5.09. The normalized spacial score (nSPS) is 11.9. The van der Waals surface area contributed by atoms with Gasteiger partial charge in [0.05, 0.1) is 7.11 Å². The molecule has 1 rings (SSSR count). The van der Waals surface area contributed by atoms with E-state index in [1.165, 1.54) is 7.11 Å². The molecule has 0 radical (unpaired) electrons. The summed E-state index contributed by atoms with van der Waals surface area (Å²) < 4.78 is 4.69. The van der Waals surface area contributed by atoms with Crippen LogP contribution in [0.5, 0.6) is 0 Å². The van der Waals surface area contributed by atoms with Crippen LogP contribution in [0.4, 0.5) is 10.5 Å². The quantitative estimate of drug-likeness (QED) is 0.832. The molecule has 0 saturated carbocycles. The summed E-state index contributed by atoms with van der Waals surface area (Å²) in [6, 6.07) is 4.60. The van der Waals surface area contributed by atoms with Crippen molar-refractivity contribution >= 4 is 17.7 Å². The number of hydrogen-bond acceptors (Lipinski definition) is 3. The van der Waals surface area contributed by atoms with Crippen molar-refractivity contribution in [1.29, 1.82) is 0 Å². The molecule has 0 heterocycles. The number of hydrogen-bond donors (Lipinski definition) is 2. The molecule has 110 valence electrons. The summed E-state index contributed by atoms with van der Waals surface area (Å²) in [4.78, 5) is 23.6. The average molecular weight is 278 g/mol. The number of carbonyl (C=O) groups is 2. The van der Waals surface area contributed by atoms with E-state index in [-0.39, 0.29) is 5.92 Å². The van der Waals surface area contributed by atoms with Crippen molar-refractivity contribution in [2.24, 2.45) is 5.92 Å². The Morgan fingerprint density at radius 2 is 1.85 bits per heavy atom. The van der Waals surface area contributed by atoms with Crippen LogP contribution in [0.25, 0.3) is 0 Å². The van der Waals surface area contributed by atoms with E-state index in [0.29, 0.717) is 0 Å². The molecule has 0 aromatic heterocycles. The second kappa shape index (κ2) is 6.93. The van der Waals surface area contributed by atoms with E-state index in [1.54, 1.807) is 0 Å². The molecule has 5 heteroatoms. The highest BCUT2D eigenvalue weighted by Gasteiger charge is 2.24. The third kappa shape index (κ3) is 3.98. The van der Waals surface area contributed by atoms with Gasteiger partial charge in [0.2, 0.25) is 0 Å². The molecule has 0 saturated heterocycles. The maximum atomic E-state index is 12.0. The molecule has 0 bridgehead atoms. The van der Waals surface area contributed by atoms with Gasteiger partial charge in [0, 0.05) is 5.69 Å². The molecule has 0 aliphatic rings. The molecular formula is C15H22N2O3. The number of ether oxygens (including phenoxy) is 1. The van der Waals surface area contributed by atoms with E-state index in [4.69, 9.17) is 0 Å². The summed E-state index contributed by atoms with van der Waals surface area (Å²) in [5.41, 5.74) is 2.83. The minimum Gasteiger partial charge on any atom is -0.467 e. The molecule has 0 fully saturated rings. The number of rotatable bonds is 4. The topological polar surface area (TPSA) is 67.4 Å². The van der Waals surface area contributed by atoms with Gasteiger partial charge >= 0.3 is 12.0 Å². The number of benzene rings is 1. The molecule has 1 aromatic carbocycles. The van der Waals surface area contributed by atoms with Crippen LogP contribution in [0, 0.1) is 19.8 Å². The largest absolute Gasteiger partial charge is 0.467 e. The first-order valence-electron chi connectivity index (χ1n) is 6.58. The van der Waals surface area contributed by atoms with Crippen molar-refractivity contribution in [3.05, 3.63) is 29.3 Å². The highest BCUT2D eigenvalue weighted by Crippen LogP contribution is 2.17. The Hall–Kier alpha value is -2.04. The van der Waals surface area contributed by atoms with Crippen LogP contribution in [-0.4, -0.2) is 25.2 Å². The monoisotopic (exact) mass is 278 g/mol. The van der Waals surface area contributed by atoms with E-state index in [2.05, 4.69) is 15.4 Å². The summed E-state index contributed by atoms with van der Waals surface area (Å²) in [7, 11) is 1.31. The molecule has 2 amide bonds. The van der Waals surface area contributed by atoms with E-state index in [0.717, 1.165) is 16.8 Å². The maximum absolute atomic E-state index is 12.0. The molecule has 0 aliphatic heterocycles. The highest BCUT2D eigenvalue weighted by molar-refractivity contribution is 5.93. The third-order valence-electron chi connectivity index (χ3n) is 3.26. The second-order valence-corrected chi connectivity index (χ2v) is 5.09. The summed E-state index contributed by atoms with van der Waals surface area (Å²) in [6.45, 7) is 7.61. The summed E-state index contributed by atoms with van der Waals surface area (Å²) in [5.74, 6) is -0.497. The molecule has 1 aromatic rings. The number of nitrogens with one attached hydrogen (secondary N) is 2. The Morgan fingerprint density at radius 1 is 1.20 bits per heavy atom. The number of methoxy groups -OCH3 is 1. The summed E-state index contributed by atoms with van der Waals surface area (Å²) >= 11 is 0. The van der Waals surface area contributed by atoms with Gasteiger partial charge in [-0.15, -0.1) is 0 Å². The SMILES string of the molecule is COC(=O)C(NC(=O)Nc1cccc(C)c1C)C(C)C. The van der Waals surface area contributed by atoms with Crippen molar-refractivity contribution in [1.82, 2.24) is 5.32 Å². The fraction of sp³-hybridized carbons (Fsp3) is 0.467. The van der Waals surface area contributed by atoms with Gasteiger partial charge in [0.15, 0.2) is 0 Å².